The van der Waals surface area contributed by atoms with Crippen molar-refractivity contribution in [1.29, 1.82) is 0 Å². The van der Waals surface area contributed by atoms with Gasteiger partial charge in [-0.2, -0.15) is 0 Å². The van der Waals surface area contributed by atoms with E-state index in [9.17, 15) is 19.7 Å². The molecule has 0 saturated heterocycles. The number of anilines is 2. The molecule has 2 amide bonds. The summed E-state index contributed by atoms with van der Waals surface area (Å²) in [6.07, 6.45) is 0. The number of carbonyl (C=O) groups excluding carboxylic acids is 2. The van der Waals surface area contributed by atoms with Gasteiger partial charge in [-0.25, -0.2) is 0 Å². The van der Waals surface area contributed by atoms with Crippen molar-refractivity contribution in [2.75, 3.05) is 10.6 Å². The quantitative estimate of drug-likeness (QED) is 0.527. The maximum absolute atomic E-state index is 12.3. The standard InChI is InChI=1S/C20H15N3O4/c24-19(14-4-2-1-3-5-14)21-16-8-6-15(7-9-16)20(25)22-17-10-12-18(13-11-17)23(26)27/h1-13H,(H,21,24)(H,22,25). The number of nitrogens with one attached hydrogen (secondary N) is 2. The fourth-order valence-electron chi connectivity index (χ4n) is 2.37. The Bertz CT molecular complexity index is 968. The van der Waals surface area contributed by atoms with Crippen molar-refractivity contribution >= 4 is 28.9 Å². The van der Waals surface area contributed by atoms with Gasteiger partial charge in [-0.3, -0.25) is 19.7 Å². The largest absolute Gasteiger partial charge is 0.322 e. The first-order valence-electron chi connectivity index (χ1n) is 8.05. The molecule has 0 radical (unpaired) electrons. The number of amides is 2. The van der Waals surface area contributed by atoms with Crippen molar-refractivity contribution < 1.29 is 14.5 Å². The lowest BCUT2D eigenvalue weighted by molar-refractivity contribution is -0.384. The Kier molecular flexibility index (Phi) is 5.22. The molecule has 0 saturated carbocycles. The zero-order chi connectivity index (χ0) is 19.2. The Morgan fingerprint density at radius 3 is 1.59 bits per heavy atom. The predicted molar refractivity (Wildman–Crippen MR) is 102 cm³/mol. The second-order valence-electron chi connectivity index (χ2n) is 5.66. The Hall–Kier alpha value is -4.00. The zero-order valence-electron chi connectivity index (χ0n) is 14.1. The van der Waals surface area contributed by atoms with Crippen LogP contribution in [-0.4, -0.2) is 16.7 Å². The highest BCUT2D eigenvalue weighted by Gasteiger charge is 2.10. The number of nitro groups is 1. The van der Waals surface area contributed by atoms with E-state index in [2.05, 4.69) is 10.6 Å². The number of nitro benzene ring substituents is 1. The van der Waals surface area contributed by atoms with Crippen LogP contribution in [0.15, 0.2) is 78.9 Å². The van der Waals surface area contributed by atoms with Gasteiger partial charge < -0.3 is 10.6 Å². The van der Waals surface area contributed by atoms with Crippen LogP contribution in [0.25, 0.3) is 0 Å². The van der Waals surface area contributed by atoms with Gasteiger partial charge in [0.15, 0.2) is 0 Å². The van der Waals surface area contributed by atoms with E-state index in [1.165, 1.54) is 24.3 Å². The van der Waals surface area contributed by atoms with E-state index < -0.39 is 4.92 Å². The van der Waals surface area contributed by atoms with Gasteiger partial charge in [0.25, 0.3) is 17.5 Å². The number of nitrogens with zero attached hydrogens (tertiary/aromatic N) is 1. The Morgan fingerprint density at radius 2 is 1.11 bits per heavy atom. The molecule has 0 spiro atoms. The van der Waals surface area contributed by atoms with E-state index in [0.717, 1.165) is 0 Å². The van der Waals surface area contributed by atoms with Crippen molar-refractivity contribution in [3.8, 4) is 0 Å². The van der Waals surface area contributed by atoms with Gasteiger partial charge >= 0.3 is 0 Å². The zero-order valence-corrected chi connectivity index (χ0v) is 14.1. The maximum Gasteiger partial charge on any atom is 0.269 e. The summed E-state index contributed by atoms with van der Waals surface area (Å²) in [7, 11) is 0. The maximum atomic E-state index is 12.3. The molecule has 0 atom stereocenters. The lowest BCUT2D eigenvalue weighted by Gasteiger charge is -2.08. The fraction of sp³-hybridized carbons (Fsp3) is 0. The average Bonchev–Trinajstić information content (AvgIpc) is 2.69. The van der Waals surface area contributed by atoms with Gasteiger partial charge in [-0.15, -0.1) is 0 Å². The number of rotatable bonds is 5. The third-order valence-electron chi connectivity index (χ3n) is 3.78. The van der Waals surface area contributed by atoms with Crippen LogP contribution in [0.4, 0.5) is 17.1 Å². The van der Waals surface area contributed by atoms with Gasteiger partial charge in [0.1, 0.15) is 0 Å². The third kappa shape index (κ3) is 4.55. The summed E-state index contributed by atoms with van der Waals surface area (Å²) in [4.78, 5) is 34.5. The summed E-state index contributed by atoms with van der Waals surface area (Å²) in [5.41, 5.74) is 1.90. The molecular weight excluding hydrogens is 346 g/mol. The minimum atomic E-state index is -0.506. The molecule has 0 aliphatic rings. The van der Waals surface area contributed by atoms with Crippen LogP contribution in [-0.2, 0) is 0 Å². The van der Waals surface area contributed by atoms with Crippen molar-refractivity contribution in [3.05, 3.63) is 100 Å². The molecule has 2 N–H and O–H groups in total. The molecule has 3 aromatic carbocycles. The highest BCUT2D eigenvalue weighted by molar-refractivity contribution is 6.06. The van der Waals surface area contributed by atoms with E-state index in [-0.39, 0.29) is 17.5 Å². The molecule has 7 heteroatoms. The van der Waals surface area contributed by atoms with E-state index >= 15 is 0 Å². The molecule has 0 aliphatic heterocycles. The van der Waals surface area contributed by atoms with Crippen molar-refractivity contribution in [2.24, 2.45) is 0 Å². The molecule has 27 heavy (non-hydrogen) atoms. The number of benzene rings is 3. The van der Waals surface area contributed by atoms with Crippen LogP contribution in [0.2, 0.25) is 0 Å². The molecular formula is C20H15N3O4. The SMILES string of the molecule is O=C(Nc1ccc(C(=O)Nc2ccc([N+](=O)[O-])cc2)cc1)c1ccccc1. The van der Waals surface area contributed by atoms with Crippen LogP contribution >= 0.6 is 0 Å². The first-order valence-corrected chi connectivity index (χ1v) is 8.05. The van der Waals surface area contributed by atoms with Crippen LogP contribution < -0.4 is 10.6 Å². The summed E-state index contributed by atoms with van der Waals surface area (Å²) in [6, 6.07) is 20.8. The third-order valence-corrected chi connectivity index (χ3v) is 3.78. The molecule has 7 nitrogen and oxygen atoms in total. The molecule has 0 fully saturated rings. The molecule has 0 unspecified atom stereocenters. The lowest BCUT2D eigenvalue weighted by atomic mass is 10.1. The smallest absolute Gasteiger partial charge is 0.269 e. The van der Waals surface area contributed by atoms with E-state index in [0.29, 0.717) is 22.5 Å². The molecule has 0 bridgehead atoms. The Balaban J connectivity index is 1.63. The van der Waals surface area contributed by atoms with Crippen molar-refractivity contribution in [2.45, 2.75) is 0 Å². The van der Waals surface area contributed by atoms with Gasteiger partial charge in [0.05, 0.1) is 4.92 Å². The number of non-ortho nitro benzene ring substituents is 1. The summed E-state index contributed by atoms with van der Waals surface area (Å²) >= 11 is 0. The second-order valence-corrected chi connectivity index (χ2v) is 5.66. The van der Waals surface area contributed by atoms with Gasteiger partial charge in [0.2, 0.25) is 0 Å². The number of hydrogen-bond acceptors (Lipinski definition) is 4. The molecule has 3 rings (SSSR count). The molecule has 0 aromatic heterocycles. The molecule has 0 heterocycles. The highest BCUT2D eigenvalue weighted by atomic mass is 16.6. The van der Waals surface area contributed by atoms with E-state index in [1.807, 2.05) is 6.07 Å². The predicted octanol–water partition coefficient (Wildman–Crippen LogP) is 4.10. The van der Waals surface area contributed by atoms with Crippen LogP contribution in [0, 0.1) is 10.1 Å². The van der Waals surface area contributed by atoms with Gasteiger partial charge in [-0.05, 0) is 48.5 Å². The summed E-state index contributed by atoms with van der Waals surface area (Å²) in [5.74, 6) is -0.594. The van der Waals surface area contributed by atoms with Crippen molar-refractivity contribution in [1.82, 2.24) is 0 Å². The van der Waals surface area contributed by atoms with Crippen LogP contribution in [0.1, 0.15) is 20.7 Å². The molecule has 3 aromatic rings. The van der Waals surface area contributed by atoms with Gasteiger partial charge in [0, 0.05) is 34.6 Å². The van der Waals surface area contributed by atoms with Crippen LogP contribution in [0.5, 0.6) is 0 Å². The summed E-state index contributed by atoms with van der Waals surface area (Å²) in [6.45, 7) is 0. The van der Waals surface area contributed by atoms with E-state index in [1.54, 1.807) is 48.5 Å². The first kappa shape index (κ1) is 17.8. The number of carbonyl (C=O) groups is 2. The first-order chi connectivity index (χ1) is 13.0. The molecule has 0 aliphatic carbocycles. The summed E-state index contributed by atoms with van der Waals surface area (Å²) < 4.78 is 0. The Labute approximate surface area is 154 Å². The summed E-state index contributed by atoms with van der Waals surface area (Å²) in [5, 5.41) is 16.1. The highest BCUT2D eigenvalue weighted by Crippen LogP contribution is 2.17. The monoisotopic (exact) mass is 361 g/mol. The average molecular weight is 361 g/mol. The second kappa shape index (κ2) is 7.92. The lowest BCUT2D eigenvalue weighted by Crippen LogP contribution is -2.13. The molecule has 134 valence electrons. The minimum absolute atomic E-state index is 0.0495. The minimum Gasteiger partial charge on any atom is -0.322 e. The van der Waals surface area contributed by atoms with Crippen LogP contribution in [0.3, 0.4) is 0 Å². The topological polar surface area (TPSA) is 101 Å². The normalized spacial score (nSPS) is 10.1. The van der Waals surface area contributed by atoms with E-state index in [4.69, 9.17) is 0 Å². The van der Waals surface area contributed by atoms with Crippen molar-refractivity contribution in [3.63, 3.8) is 0 Å². The fourth-order valence-corrected chi connectivity index (χ4v) is 2.37. The number of hydrogen-bond donors (Lipinski definition) is 2. The Morgan fingerprint density at radius 1 is 0.667 bits per heavy atom. The van der Waals surface area contributed by atoms with Gasteiger partial charge in [-0.1, -0.05) is 18.2 Å².